The van der Waals surface area contributed by atoms with Crippen LogP contribution >= 0.6 is 15.9 Å². The Bertz CT molecular complexity index is 807. The third-order valence-corrected chi connectivity index (χ3v) is 5.34. The largest absolute Gasteiger partial charge is 0.460 e. The molecule has 0 aromatic heterocycles. The van der Waals surface area contributed by atoms with Gasteiger partial charge in [0.15, 0.2) is 0 Å². The van der Waals surface area contributed by atoms with Crippen molar-refractivity contribution in [1.82, 2.24) is 4.72 Å². The molecule has 5 nitrogen and oxygen atoms in total. The van der Waals surface area contributed by atoms with E-state index in [-0.39, 0.29) is 11.5 Å². The number of halogens is 1. The molecule has 0 saturated heterocycles. The summed E-state index contributed by atoms with van der Waals surface area (Å²) in [6.07, 6.45) is 0.564. The lowest BCUT2D eigenvalue weighted by molar-refractivity contribution is -0.143. The van der Waals surface area contributed by atoms with E-state index in [1.807, 2.05) is 37.3 Å². The molecule has 2 aromatic rings. The maximum Gasteiger partial charge on any atom is 0.321 e. The van der Waals surface area contributed by atoms with E-state index in [0.717, 1.165) is 10.0 Å². The number of carbonyl (C=O) groups is 1. The first kappa shape index (κ1) is 18.6. The summed E-state index contributed by atoms with van der Waals surface area (Å²) in [5, 5.41) is 0. The molecule has 0 aliphatic heterocycles. The number of sulfonamides is 1. The topological polar surface area (TPSA) is 72.5 Å². The lowest BCUT2D eigenvalue weighted by atomic mass is 10.2. The van der Waals surface area contributed by atoms with Gasteiger partial charge in [0.1, 0.15) is 13.2 Å². The van der Waals surface area contributed by atoms with Crippen LogP contribution in [0.3, 0.4) is 0 Å². The van der Waals surface area contributed by atoms with Crippen molar-refractivity contribution >= 4 is 31.9 Å². The highest BCUT2D eigenvalue weighted by atomic mass is 79.9. The van der Waals surface area contributed by atoms with E-state index in [1.54, 1.807) is 12.1 Å². The molecule has 2 aromatic carbocycles. The zero-order valence-corrected chi connectivity index (χ0v) is 15.6. The standard InChI is InChI=1S/C17H18BrNO4S/c1-2-14-10-15(18)8-9-16(14)24(21,22)19-11-17(20)23-12-13-6-4-3-5-7-13/h3-10,19H,2,11-12H2,1H3. The molecule has 0 aliphatic rings. The fourth-order valence-corrected chi connectivity index (χ4v) is 3.77. The second-order valence-corrected chi connectivity index (χ2v) is 7.73. The number of nitrogens with one attached hydrogen (secondary N) is 1. The Labute approximate surface area is 150 Å². The van der Waals surface area contributed by atoms with Crippen LogP contribution in [0.25, 0.3) is 0 Å². The predicted molar refractivity (Wildman–Crippen MR) is 94.9 cm³/mol. The Kier molecular flexibility index (Phi) is 6.53. The minimum atomic E-state index is -3.77. The predicted octanol–water partition coefficient (Wildman–Crippen LogP) is 3.03. The van der Waals surface area contributed by atoms with Crippen LogP contribution in [-0.2, 0) is 32.6 Å². The number of hydrogen-bond donors (Lipinski definition) is 1. The van der Waals surface area contributed by atoms with E-state index in [9.17, 15) is 13.2 Å². The minimum absolute atomic E-state index is 0.111. The number of carbonyl (C=O) groups excluding carboxylic acids is 1. The molecule has 7 heteroatoms. The van der Waals surface area contributed by atoms with Crippen LogP contribution in [0, 0.1) is 0 Å². The normalized spacial score (nSPS) is 11.2. The molecule has 0 unspecified atom stereocenters. The first-order valence-corrected chi connectivity index (χ1v) is 9.67. The van der Waals surface area contributed by atoms with Crippen LogP contribution in [0.5, 0.6) is 0 Å². The van der Waals surface area contributed by atoms with Gasteiger partial charge in [0.05, 0.1) is 4.90 Å². The van der Waals surface area contributed by atoms with Gasteiger partial charge >= 0.3 is 5.97 Å². The third kappa shape index (κ3) is 5.15. The summed E-state index contributed by atoms with van der Waals surface area (Å²) in [5.41, 5.74) is 1.52. The minimum Gasteiger partial charge on any atom is -0.460 e. The zero-order valence-electron chi connectivity index (χ0n) is 13.2. The van der Waals surface area contributed by atoms with Crippen LogP contribution in [0.15, 0.2) is 57.9 Å². The molecule has 0 atom stereocenters. The van der Waals surface area contributed by atoms with Crippen molar-refractivity contribution in [3.63, 3.8) is 0 Å². The Morgan fingerprint density at radius 1 is 1.17 bits per heavy atom. The van der Waals surface area contributed by atoms with Crippen LogP contribution in [0.1, 0.15) is 18.1 Å². The fraction of sp³-hybridized carbons (Fsp3) is 0.235. The molecule has 2 rings (SSSR count). The summed E-state index contributed by atoms with van der Waals surface area (Å²) in [6, 6.07) is 14.1. The van der Waals surface area contributed by atoms with E-state index in [2.05, 4.69) is 20.7 Å². The highest BCUT2D eigenvalue weighted by molar-refractivity contribution is 9.10. The molecular formula is C17H18BrNO4S. The van der Waals surface area contributed by atoms with Crippen molar-refractivity contribution in [2.45, 2.75) is 24.8 Å². The molecule has 0 spiro atoms. The second kappa shape index (κ2) is 8.41. The summed E-state index contributed by atoms with van der Waals surface area (Å²) in [6.45, 7) is 1.57. The van der Waals surface area contributed by atoms with E-state index >= 15 is 0 Å². The van der Waals surface area contributed by atoms with Crippen molar-refractivity contribution in [1.29, 1.82) is 0 Å². The Morgan fingerprint density at radius 3 is 2.54 bits per heavy atom. The quantitative estimate of drug-likeness (QED) is 0.710. The number of ether oxygens (including phenoxy) is 1. The number of aryl methyl sites for hydroxylation is 1. The van der Waals surface area contributed by atoms with E-state index in [0.29, 0.717) is 12.0 Å². The number of benzene rings is 2. The van der Waals surface area contributed by atoms with Gasteiger partial charge < -0.3 is 4.74 Å². The molecule has 128 valence electrons. The maximum absolute atomic E-state index is 12.4. The summed E-state index contributed by atoms with van der Waals surface area (Å²) >= 11 is 3.32. The lowest BCUT2D eigenvalue weighted by Crippen LogP contribution is -2.31. The molecule has 0 heterocycles. The van der Waals surface area contributed by atoms with Crippen molar-refractivity contribution in [2.75, 3.05) is 6.54 Å². The maximum atomic E-state index is 12.4. The molecule has 0 aliphatic carbocycles. The average Bonchev–Trinajstić information content (AvgIpc) is 2.58. The van der Waals surface area contributed by atoms with Crippen LogP contribution in [0.2, 0.25) is 0 Å². The van der Waals surface area contributed by atoms with E-state index < -0.39 is 22.5 Å². The van der Waals surface area contributed by atoms with Crippen molar-refractivity contribution < 1.29 is 17.9 Å². The highest BCUT2D eigenvalue weighted by Gasteiger charge is 2.19. The summed E-state index contributed by atoms with van der Waals surface area (Å²) < 4.78 is 32.9. The first-order valence-electron chi connectivity index (χ1n) is 7.40. The van der Waals surface area contributed by atoms with Gasteiger partial charge in [-0.3, -0.25) is 4.79 Å². The van der Waals surface area contributed by atoms with Gasteiger partial charge in [-0.2, -0.15) is 4.72 Å². The van der Waals surface area contributed by atoms with Crippen molar-refractivity contribution in [2.24, 2.45) is 0 Å². The highest BCUT2D eigenvalue weighted by Crippen LogP contribution is 2.21. The first-order chi connectivity index (χ1) is 11.4. The average molecular weight is 412 g/mol. The molecule has 0 radical (unpaired) electrons. The van der Waals surface area contributed by atoms with Gasteiger partial charge in [-0.15, -0.1) is 0 Å². The van der Waals surface area contributed by atoms with Gasteiger partial charge in [0.2, 0.25) is 10.0 Å². The van der Waals surface area contributed by atoms with Crippen molar-refractivity contribution in [3.8, 4) is 0 Å². The summed E-state index contributed by atoms with van der Waals surface area (Å²) in [7, 11) is -3.77. The summed E-state index contributed by atoms with van der Waals surface area (Å²) in [5.74, 6) is -0.627. The van der Waals surface area contributed by atoms with Gasteiger partial charge in [-0.05, 0) is 35.7 Å². The Balaban J connectivity index is 1.96. The molecule has 0 amide bonds. The second-order valence-electron chi connectivity index (χ2n) is 5.08. The Hall–Kier alpha value is -1.70. The Morgan fingerprint density at radius 2 is 1.88 bits per heavy atom. The zero-order chi connectivity index (χ0) is 17.6. The smallest absolute Gasteiger partial charge is 0.321 e. The lowest BCUT2D eigenvalue weighted by Gasteiger charge is -2.11. The van der Waals surface area contributed by atoms with E-state index in [1.165, 1.54) is 6.07 Å². The van der Waals surface area contributed by atoms with E-state index in [4.69, 9.17) is 4.74 Å². The fourth-order valence-electron chi connectivity index (χ4n) is 2.11. The molecule has 0 fully saturated rings. The van der Waals surface area contributed by atoms with Crippen LogP contribution < -0.4 is 4.72 Å². The molecule has 24 heavy (non-hydrogen) atoms. The van der Waals surface area contributed by atoms with Gasteiger partial charge in [-0.25, -0.2) is 8.42 Å². The van der Waals surface area contributed by atoms with Crippen LogP contribution in [0.4, 0.5) is 0 Å². The molecular weight excluding hydrogens is 394 g/mol. The molecule has 1 N–H and O–H groups in total. The number of esters is 1. The number of hydrogen-bond acceptors (Lipinski definition) is 4. The molecule has 0 saturated carbocycles. The monoisotopic (exact) mass is 411 g/mol. The third-order valence-electron chi connectivity index (χ3n) is 3.34. The van der Waals surface area contributed by atoms with Gasteiger partial charge in [-0.1, -0.05) is 53.2 Å². The number of rotatable bonds is 7. The SMILES string of the molecule is CCc1cc(Br)ccc1S(=O)(=O)NCC(=O)OCc1ccccc1. The van der Waals surface area contributed by atoms with Crippen LogP contribution in [-0.4, -0.2) is 20.9 Å². The molecule has 0 bridgehead atoms. The van der Waals surface area contributed by atoms with Gasteiger partial charge in [0.25, 0.3) is 0 Å². The summed E-state index contributed by atoms with van der Waals surface area (Å²) in [4.78, 5) is 11.9. The van der Waals surface area contributed by atoms with Crippen molar-refractivity contribution in [3.05, 3.63) is 64.1 Å². The van der Waals surface area contributed by atoms with Gasteiger partial charge in [0, 0.05) is 4.47 Å².